The van der Waals surface area contributed by atoms with Gasteiger partial charge in [-0.05, 0) is 35.3 Å². The fourth-order valence-electron chi connectivity index (χ4n) is 2.85. The third-order valence-electron chi connectivity index (χ3n) is 4.16. The van der Waals surface area contributed by atoms with E-state index in [0.29, 0.717) is 17.9 Å². The lowest BCUT2D eigenvalue weighted by Gasteiger charge is -2.21. The van der Waals surface area contributed by atoms with Gasteiger partial charge >= 0.3 is 18.2 Å². The Morgan fingerprint density at radius 2 is 2.03 bits per heavy atom. The number of aromatic nitrogens is 4. The Bertz CT molecular complexity index is 1050. The Morgan fingerprint density at radius 3 is 2.73 bits per heavy atom. The van der Waals surface area contributed by atoms with Crippen LogP contribution in [0.3, 0.4) is 0 Å². The molecule has 1 aromatic carbocycles. The molecule has 1 atom stereocenters. The molecule has 2 aromatic heterocycles. The second-order valence-electron chi connectivity index (χ2n) is 6.33. The number of benzene rings is 1. The zero-order chi connectivity index (χ0) is 21.3. The zero-order valence-electron chi connectivity index (χ0n) is 15.2. The minimum atomic E-state index is -4.75. The van der Waals surface area contributed by atoms with Gasteiger partial charge in [0.05, 0.1) is 24.5 Å². The second kappa shape index (κ2) is 7.67. The van der Waals surface area contributed by atoms with E-state index in [2.05, 4.69) is 14.8 Å². The molecule has 0 amide bonds. The predicted octanol–water partition coefficient (Wildman–Crippen LogP) is 2.85. The van der Waals surface area contributed by atoms with Crippen LogP contribution in [0.2, 0.25) is 0 Å². The van der Waals surface area contributed by atoms with E-state index >= 15 is 0 Å². The van der Waals surface area contributed by atoms with Crippen LogP contribution in [0.1, 0.15) is 5.69 Å². The Labute approximate surface area is 166 Å². The van der Waals surface area contributed by atoms with Crippen molar-refractivity contribution < 1.29 is 32.3 Å². The number of alkyl halides is 3. The van der Waals surface area contributed by atoms with E-state index < -0.39 is 11.3 Å². The molecule has 3 heterocycles. The quantitative estimate of drug-likeness (QED) is 0.442. The van der Waals surface area contributed by atoms with Crippen molar-refractivity contribution in [2.24, 2.45) is 0 Å². The highest BCUT2D eigenvalue weighted by Crippen LogP contribution is 2.24. The summed E-state index contributed by atoms with van der Waals surface area (Å²) >= 11 is 0. The van der Waals surface area contributed by atoms with Crippen LogP contribution in [0.5, 0.6) is 11.8 Å². The van der Waals surface area contributed by atoms with Crippen LogP contribution in [0, 0.1) is 10.1 Å². The molecule has 3 aromatic rings. The van der Waals surface area contributed by atoms with Crippen LogP contribution in [0.25, 0.3) is 5.69 Å². The molecule has 10 nitrogen and oxygen atoms in total. The van der Waals surface area contributed by atoms with Crippen molar-refractivity contribution >= 4 is 5.82 Å². The van der Waals surface area contributed by atoms with Crippen molar-refractivity contribution in [2.45, 2.75) is 25.6 Å². The Balaban J connectivity index is 1.34. The SMILES string of the molecule is O=[N+]([O-])c1cn2c(n1)OC[C@@H](OCc1ccn(-c3ccc(OC(F)(F)F)cc3)n1)C2. The van der Waals surface area contributed by atoms with Crippen LogP contribution >= 0.6 is 0 Å². The minimum absolute atomic E-state index is 0.155. The Morgan fingerprint density at radius 1 is 1.27 bits per heavy atom. The van der Waals surface area contributed by atoms with Crippen LogP contribution in [-0.2, 0) is 17.9 Å². The molecule has 1 aliphatic heterocycles. The van der Waals surface area contributed by atoms with E-state index in [-0.39, 0.29) is 36.9 Å². The summed E-state index contributed by atoms with van der Waals surface area (Å²) in [4.78, 5) is 14.0. The first-order valence-electron chi connectivity index (χ1n) is 8.63. The van der Waals surface area contributed by atoms with Gasteiger partial charge in [-0.25, -0.2) is 4.68 Å². The van der Waals surface area contributed by atoms with Crippen LogP contribution in [0.15, 0.2) is 42.7 Å². The van der Waals surface area contributed by atoms with Crippen molar-refractivity contribution in [3.8, 4) is 17.4 Å². The van der Waals surface area contributed by atoms with Gasteiger partial charge in [0.25, 0.3) is 0 Å². The lowest BCUT2D eigenvalue weighted by molar-refractivity contribution is -0.389. The number of fused-ring (bicyclic) bond motifs is 1. The third kappa shape index (κ3) is 4.51. The van der Waals surface area contributed by atoms with Gasteiger partial charge in [-0.3, -0.25) is 4.57 Å². The fraction of sp³-hybridized carbons (Fsp3) is 0.294. The topological polar surface area (TPSA) is 106 Å². The summed E-state index contributed by atoms with van der Waals surface area (Å²) in [5.41, 5.74) is 1.14. The monoisotopic (exact) mass is 425 g/mol. The summed E-state index contributed by atoms with van der Waals surface area (Å²) in [6, 6.07) is 7.16. The van der Waals surface area contributed by atoms with Crippen LogP contribution in [0.4, 0.5) is 19.0 Å². The van der Waals surface area contributed by atoms with Crippen molar-refractivity contribution in [3.05, 3.63) is 58.5 Å². The van der Waals surface area contributed by atoms with E-state index in [0.717, 1.165) is 0 Å². The van der Waals surface area contributed by atoms with Gasteiger partial charge in [-0.15, -0.1) is 13.2 Å². The van der Waals surface area contributed by atoms with E-state index in [1.807, 2.05) is 0 Å². The van der Waals surface area contributed by atoms with Crippen molar-refractivity contribution in [1.82, 2.24) is 19.3 Å². The highest BCUT2D eigenvalue weighted by atomic mass is 19.4. The highest BCUT2D eigenvalue weighted by molar-refractivity contribution is 5.37. The molecule has 30 heavy (non-hydrogen) atoms. The number of imidazole rings is 1. The molecular formula is C17H14F3N5O5. The van der Waals surface area contributed by atoms with Gasteiger partial charge in [0, 0.05) is 11.2 Å². The Hall–Kier alpha value is -3.61. The maximum absolute atomic E-state index is 12.2. The number of nitrogens with zero attached hydrogens (tertiary/aromatic N) is 5. The molecule has 158 valence electrons. The lowest BCUT2D eigenvalue weighted by atomic mass is 10.3. The maximum Gasteiger partial charge on any atom is 0.573 e. The molecule has 13 heteroatoms. The first kappa shape index (κ1) is 19.7. The summed E-state index contributed by atoms with van der Waals surface area (Å²) in [5.74, 6) is -0.616. The highest BCUT2D eigenvalue weighted by Gasteiger charge is 2.31. The number of hydrogen-bond donors (Lipinski definition) is 0. The van der Waals surface area contributed by atoms with Crippen molar-refractivity contribution in [1.29, 1.82) is 0 Å². The van der Waals surface area contributed by atoms with Crippen LogP contribution < -0.4 is 9.47 Å². The van der Waals surface area contributed by atoms with Gasteiger partial charge in [0.2, 0.25) is 0 Å². The average Bonchev–Trinajstić information content (AvgIpc) is 3.32. The molecule has 0 saturated heterocycles. The summed E-state index contributed by atoms with van der Waals surface area (Å²) in [5, 5.41) is 15.1. The second-order valence-corrected chi connectivity index (χ2v) is 6.33. The molecule has 0 N–H and O–H groups in total. The molecule has 0 fully saturated rings. The maximum atomic E-state index is 12.2. The first-order valence-corrected chi connectivity index (χ1v) is 8.63. The summed E-state index contributed by atoms with van der Waals surface area (Å²) in [7, 11) is 0. The summed E-state index contributed by atoms with van der Waals surface area (Å²) in [6.45, 7) is 0.690. The largest absolute Gasteiger partial charge is 0.573 e. The first-order chi connectivity index (χ1) is 14.3. The van der Waals surface area contributed by atoms with Gasteiger partial charge in [-0.1, -0.05) is 0 Å². The smallest absolute Gasteiger partial charge is 0.443 e. The number of halogens is 3. The molecule has 0 bridgehead atoms. The molecule has 4 rings (SSSR count). The minimum Gasteiger partial charge on any atom is -0.443 e. The summed E-state index contributed by atoms with van der Waals surface area (Å²) in [6.07, 6.45) is -2.17. The van der Waals surface area contributed by atoms with Gasteiger partial charge in [-0.2, -0.15) is 5.10 Å². The Kier molecular flexibility index (Phi) is 5.03. The normalized spacial score (nSPS) is 16.0. The standard InChI is InChI=1S/C17H14F3N5O5/c18-17(19,20)30-13-3-1-12(2-4-13)24-6-5-11(22-24)9-28-14-7-23-8-15(25(26)27)21-16(23)29-10-14/h1-6,8,14H,7,9-10H2/t14-/m0/s1. The number of nitro groups is 1. The van der Waals surface area contributed by atoms with E-state index in [1.165, 1.54) is 39.7 Å². The van der Waals surface area contributed by atoms with Gasteiger partial charge < -0.3 is 24.3 Å². The van der Waals surface area contributed by atoms with Crippen LogP contribution in [-0.4, -0.2) is 43.3 Å². The average molecular weight is 425 g/mol. The number of rotatable bonds is 6. The molecule has 0 spiro atoms. The van der Waals surface area contributed by atoms with Crippen molar-refractivity contribution in [2.75, 3.05) is 6.61 Å². The van der Waals surface area contributed by atoms with E-state index in [1.54, 1.807) is 12.3 Å². The third-order valence-corrected chi connectivity index (χ3v) is 4.16. The van der Waals surface area contributed by atoms with E-state index in [4.69, 9.17) is 9.47 Å². The predicted molar refractivity (Wildman–Crippen MR) is 93.2 cm³/mol. The molecule has 1 aliphatic rings. The number of ether oxygens (including phenoxy) is 3. The summed E-state index contributed by atoms with van der Waals surface area (Å²) < 4.78 is 54.7. The van der Waals surface area contributed by atoms with Gasteiger partial charge in [0.15, 0.2) is 0 Å². The zero-order valence-corrected chi connectivity index (χ0v) is 15.2. The fourth-order valence-corrected chi connectivity index (χ4v) is 2.85. The van der Waals surface area contributed by atoms with Crippen molar-refractivity contribution in [3.63, 3.8) is 0 Å². The molecule has 0 saturated carbocycles. The molecule has 0 unspecified atom stereocenters. The molecule has 0 aliphatic carbocycles. The molecular weight excluding hydrogens is 411 g/mol. The van der Waals surface area contributed by atoms with Gasteiger partial charge in [0.1, 0.15) is 24.7 Å². The lowest BCUT2D eigenvalue weighted by Crippen LogP contribution is -2.32. The molecule has 0 radical (unpaired) electrons. The van der Waals surface area contributed by atoms with E-state index in [9.17, 15) is 23.3 Å². The number of hydrogen-bond acceptors (Lipinski definition) is 7.